The minimum absolute atomic E-state index is 0.0438. The van der Waals surface area contributed by atoms with E-state index in [1.807, 2.05) is 6.92 Å². The first kappa shape index (κ1) is 25.1. The number of nitrogens with zero attached hydrogens (tertiary/aromatic N) is 2. The third-order valence-corrected chi connectivity index (χ3v) is 6.05. The van der Waals surface area contributed by atoms with Crippen LogP contribution in [0.5, 0.6) is 0 Å². The van der Waals surface area contributed by atoms with Crippen LogP contribution in [-0.4, -0.2) is 47.5 Å². The molecule has 1 atom stereocenters. The number of fused-ring (bicyclic) bond motifs is 1. The Balaban J connectivity index is 1.73. The summed E-state index contributed by atoms with van der Waals surface area (Å²) in [6.45, 7) is 2.91. The van der Waals surface area contributed by atoms with E-state index in [2.05, 4.69) is 5.32 Å². The second-order valence-corrected chi connectivity index (χ2v) is 8.53. The number of hydrogen-bond acceptors (Lipinski definition) is 5. The third-order valence-electron chi connectivity index (χ3n) is 6.05. The van der Waals surface area contributed by atoms with Gasteiger partial charge < -0.3 is 24.6 Å². The van der Waals surface area contributed by atoms with Crippen LogP contribution in [0.15, 0.2) is 41.3 Å². The molecular weight excluding hydrogens is 479 g/mol. The molecule has 1 fully saturated rings. The van der Waals surface area contributed by atoms with Gasteiger partial charge in [-0.1, -0.05) is 13.3 Å². The van der Waals surface area contributed by atoms with Crippen molar-refractivity contribution in [2.24, 2.45) is 0 Å². The summed E-state index contributed by atoms with van der Waals surface area (Å²) in [7, 11) is 0. The first-order valence-electron chi connectivity index (χ1n) is 11.5. The second kappa shape index (κ2) is 10.3. The number of carbonyl (C=O) groups excluding carboxylic acids is 1. The number of aromatic carboxylic acids is 1. The van der Waals surface area contributed by atoms with Gasteiger partial charge in [0, 0.05) is 30.7 Å². The number of aromatic nitrogens is 1. The third kappa shape index (κ3) is 5.00. The first-order valence-corrected chi connectivity index (χ1v) is 11.5. The highest BCUT2D eigenvalue weighted by Crippen LogP contribution is 2.30. The van der Waals surface area contributed by atoms with Gasteiger partial charge in [0.05, 0.1) is 29.5 Å². The average Bonchev–Trinajstić information content (AvgIpc) is 3.27. The molecule has 11 heteroatoms. The van der Waals surface area contributed by atoms with Crippen LogP contribution in [0.2, 0.25) is 0 Å². The number of benzene rings is 2. The Bertz CT molecular complexity index is 1390. The zero-order chi connectivity index (χ0) is 26.0. The number of ether oxygens (including phenoxy) is 1. The van der Waals surface area contributed by atoms with E-state index in [1.165, 1.54) is 6.07 Å². The number of carboxylic acids is 1. The van der Waals surface area contributed by atoms with Gasteiger partial charge in [-0.3, -0.25) is 4.79 Å². The van der Waals surface area contributed by atoms with Crippen molar-refractivity contribution in [2.45, 2.75) is 32.2 Å². The summed E-state index contributed by atoms with van der Waals surface area (Å²) < 4.78 is 49.5. The van der Waals surface area contributed by atoms with E-state index < -0.39 is 40.5 Å². The van der Waals surface area contributed by atoms with Gasteiger partial charge in [0.2, 0.25) is 5.43 Å². The van der Waals surface area contributed by atoms with E-state index in [9.17, 15) is 28.3 Å². The van der Waals surface area contributed by atoms with Crippen molar-refractivity contribution in [3.63, 3.8) is 0 Å². The maximum absolute atomic E-state index is 15.2. The van der Waals surface area contributed by atoms with Crippen LogP contribution in [0, 0.1) is 17.5 Å². The minimum Gasteiger partial charge on any atom is -0.477 e. The SMILES string of the molecule is CCCCOC(=O)NC1CCN(c2cc3c(cc2F)c(=O)c(C(=O)O)cn3-c2ccc(F)cc2F)C1. The number of hydrogen-bond donors (Lipinski definition) is 2. The molecule has 1 aliphatic heterocycles. The Hall–Kier alpha value is -4.02. The van der Waals surface area contributed by atoms with E-state index in [4.69, 9.17) is 4.74 Å². The Kier molecular flexibility index (Phi) is 7.18. The molecule has 0 saturated carbocycles. The van der Waals surface area contributed by atoms with Crippen LogP contribution in [0.4, 0.5) is 23.7 Å². The molecule has 8 nitrogen and oxygen atoms in total. The largest absolute Gasteiger partial charge is 0.477 e. The van der Waals surface area contributed by atoms with Crippen molar-refractivity contribution in [3.05, 3.63) is 69.8 Å². The number of unbranched alkanes of at least 4 members (excludes halogenated alkanes) is 1. The van der Waals surface area contributed by atoms with Gasteiger partial charge in [0.1, 0.15) is 23.0 Å². The number of halogens is 3. The molecule has 2 heterocycles. The van der Waals surface area contributed by atoms with Gasteiger partial charge in [-0.05, 0) is 37.1 Å². The van der Waals surface area contributed by atoms with Gasteiger partial charge in [-0.2, -0.15) is 0 Å². The van der Waals surface area contributed by atoms with Crippen molar-refractivity contribution < 1.29 is 32.6 Å². The van der Waals surface area contributed by atoms with Crippen LogP contribution in [0.25, 0.3) is 16.6 Å². The molecule has 2 N–H and O–H groups in total. The Morgan fingerprint density at radius 1 is 1.14 bits per heavy atom. The molecule has 190 valence electrons. The lowest BCUT2D eigenvalue weighted by Gasteiger charge is -2.22. The van der Waals surface area contributed by atoms with Crippen LogP contribution >= 0.6 is 0 Å². The number of anilines is 1. The maximum Gasteiger partial charge on any atom is 0.407 e. The number of carbonyl (C=O) groups is 2. The molecule has 0 aliphatic carbocycles. The highest BCUT2D eigenvalue weighted by atomic mass is 19.1. The minimum atomic E-state index is -1.57. The Morgan fingerprint density at radius 2 is 1.89 bits per heavy atom. The monoisotopic (exact) mass is 503 g/mol. The highest BCUT2D eigenvalue weighted by Gasteiger charge is 2.28. The van der Waals surface area contributed by atoms with E-state index in [0.29, 0.717) is 25.6 Å². The normalized spacial score (nSPS) is 15.3. The second-order valence-electron chi connectivity index (χ2n) is 8.53. The van der Waals surface area contributed by atoms with Gasteiger partial charge in [-0.15, -0.1) is 0 Å². The molecule has 0 bridgehead atoms. The molecule has 4 rings (SSSR count). The molecule has 36 heavy (non-hydrogen) atoms. The van der Waals surface area contributed by atoms with Gasteiger partial charge in [0.15, 0.2) is 0 Å². The zero-order valence-corrected chi connectivity index (χ0v) is 19.4. The highest BCUT2D eigenvalue weighted by molar-refractivity contribution is 5.94. The van der Waals surface area contributed by atoms with Gasteiger partial charge >= 0.3 is 12.1 Å². The molecule has 1 unspecified atom stereocenters. The lowest BCUT2D eigenvalue weighted by Crippen LogP contribution is -2.37. The topological polar surface area (TPSA) is 101 Å². The molecule has 0 radical (unpaired) electrons. The summed E-state index contributed by atoms with van der Waals surface area (Å²) in [5, 5.41) is 11.9. The fraction of sp³-hybridized carbons (Fsp3) is 0.320. The summed E-state index contributed by atoms with van der Waals surface area (Å²) in [6, 6.07) is 4.65. The predicted molar refractivity (Wildman–Crippen MR) is 126 cm³/mol. The number of nitrogens with one attached hydrogen (secondary N) is 1. The van der Waals surface area contributed by atoms with Crippen molar-refractivity contribution in [1.82, 2.24) is 9.88 Å². The summed E-state index contributed by atoms with van der Waals surface area (Å²) >= 11 is 0. The van der Waals surface area contributed by atoms with Crippen LogP contribution in [-0.2, 0) is 4.74 Å². The molecule has 1 amide bonds. The average molecular weight is 503 g/mol. The van der Waals surface area contributed by atoms with Crippen molar-refractivity contribution in [1.29, 1.82) is 0 Å². The van der Waals surface area contributed by atoms with Gasteiger partial charge in [-0.25, -0.2) is 22.8 Å². The summed E-state index contributed by atoms with van der Waals surface area (Å²) in [4.78, 5) is 38.0. The number of amides is 1. The fourth-order valence-corrected chi connectivity index (χ4v) is 4.22. The van der Waals surface area contributed by atoms with E-state index in [-0.39, 0.29) is 34.9 Å². The van der Waals surface area contributed by atoms with E-state index in [1.54, 1.807) is 4.90 Å². The number of rotatable bonds is 7. The van der Waals surface area contributed by atoms with E-state index in [0.717, 1.165) is 41.8 Å². The van der Waals surface area contributed by atoms with E-state index >= 15 is 4.39 Å². The Morgan fingerprint density at radius 3 is 2.58 bits per heavy atom. The summed E-state index contributed by atoms with van der Waals surface area (Å²) in [6.07, 6.45) is 2.51. The molecule has 3 aromatic rings. The smallest absolute Gasteiger partial charge is 0.407 e. The fourth-order valence-electron chi connectivity index (χ4n) is 4.22. The lowest BCUT2D eigenvalue weighted by atomic mass is 10.1. The molecule has 1 saturated heterocycles. The van der Waals surface area contributed by atoms with Crippen molar-refractivity contribution >= 4 is 28.7 Å². The quantitative estimate of drug-likeness (QED) is 0.469. The molecule has 2 aromatic carbocycles. The lowest BCUT2D eigenvalue weighted by molar-refractivity contribution is 0.0695. The van der Waals surface area contributed by atoms with Crippen LogP contribution < -0.4 is 15.6 Å². The maximum atomic E-state index is 15.2. The van der Waals surface area contributed by atoms with Crippen LogP contribution in [0.3, 0.4) is 0 Å². The summed E-state index contributed by atoms with van der Waals surface area (Å²) in [5.41, 5.74) is -1.70. The molecular formula is C25H24F3N3O5. The summed E-state index contributed by atoms with van der Waals surface area (Å²) in [5.74, 6) is -4.17. The zero-order valence-electron chi connectivity index (χ0n) is 19.4. The standard InChI is InChI=1S/C25H24F3N3O5/c1-2-3-8-36-25(35)29-15-6-7-30(12-15)22-11-21-16(10-19(22)28)23(32)17(24(33)34)13-31(21)20-5-4-14(26)9-18(20)27/h4-5,9-11,13,15H,2-3,6-8,12H2,1H3,(H,29,35)(H,33,34). The molecule has 1 aromatic heterocycles. The van der Waals surface area contributed by atoms with Crippen molar-refractivity contribution in [3.8, 4) is 5.69 Å². The number of pyridine rings is 1. The number of carboxylic acid groups (broad SMARTS) is 1. The number of alkyl carbamates (subject to hydrolysis) is 1. The Labute approximate surface area is 203 Å². The van der Waals surface area contributed by atoms with Gasteiger partial charge in [0.25, 0.3) is 0 Å². The molecule has 0 spiro atoms. The predicted octanol–water partition coefficient (Wildman–Crippen LogP) is 4.21. The molecule has 1 aliphatic rings. The van der Waals surface area contributed by atoms with Crippen LogP contribution in [0.1, 0.15) is 36.5 Å². The van der Waals surface area contributed by atoms with Crippen molar-refractivity contribution in [2.75, 3.05) is 24.6 Å². The first-order chi connectivity index (χ1) is 17.2.